The van der Waals surface area contributed by atoms with E-state index in [0.29, 0.717) is 17.5 Å². The van der Waals surface area contributed by atoms with Crippen LogP contribution in [0.3, 0.4) is 0 Å². The molecule has 0 aliphatic rings. The summed E-state index contributed by atoms with van der Waals surface area (Å²) >= 11 is 1.77. The first-order valence-corrected chi connectivity index (χ1v) is 19.8. The van der Waals surface area contributed by atoms with Gasteiger partial charge in [0.1, 0.15) is 11.2 Å². The lowest BCUT2D eigenvalue weighted by molar-refractivity contribution is 0.669. The molecule has 57 heavy (non-hydrogen) atoms. The van der Waals surface area contributed by atoms with Gasteiger partial charge in [-0.25, -0.2) is 15.0 Å². The van der Waals surface area contributed by atoms with Gasteiger partial charge in [0.25, 0.3) is 0 Å². The average molecular weight is 747 g/mol. The van der Waals surface area contributed by atoms with Crippen LogP contribution in [0.1, 0.15) is 0 Å². The maximum Gasteiger partial charge on any atom is 0.165 e. The van der Waals surface area contributed by atoms with Crippen LogP contribution in [0, 0.1) is 0 Å². The Kier molecular flexibility index (Phi) is 7.03. The highest BCUT2D eigenvalue weighted by Crippen LogP contribution is 2.41. The summed E-state index contributed by atoms with van der Waals surface area (Å²) in [6.07, 6.45) is 0. The molecule has 0 aliphatic heterocycles. The van der Waals surface area contributed by atoms with Crippen LogP contribution in [0.15, 0.2) is 186 Å². The number of furan rings is 1. The van der Waals surface area contributed by atoms with Crippen molar-refractivity contribution in [3.63, 3.8) is 0 Å². The Morgan fingerprint density at radius 2 is 1.02 bits per heavy atom. The van der Waals surface area contributed by atoms with Crippen molar-refractivity contribution < 1.29 is 4.42 Å². The van der Waals surface area contributed by atoms with Gasteiger partial charge >= 0.3 is 0 Å². The molecule has 0 saturated heterocycles. The van der Waals surface area contributed by atoms with E-state index in [1.54, 1.807) is 11.3 Å². The normalized spacial score (nSPS) is 11.9. The van der Waals surface area contributed by atoms with Crippen molar-refractivity contribution in [3.05, 3.63) is 182 Å². The zero-order valence-corrected chi connectivity index (χ0v) is 31.2. The van der Waals surface area contributed by atoms with Gasteiger partial charge in [-0.3, -0.25) is 0 Å². The molecule has 6 heteroatoms. The molecule has 0 bridgehead atoms. The molecule has 5 nitrogen and oxygen atoms in total. The van der Waals surface area contributed by atoms with E-state index in [-0.39, 0.29) is 0 Å². The fourth-order valence-corrected chi connectivity index (χ4v) is 9.60. The first-order valence-electron chi connectivity index (χ1n) is 19.0. The third kappa shape index (κ3) is 5.12. The lowest BCUT2D eigenvalue weighted by Crippen LogP contribution is -2.01. The van der Waals surface area contributed by atoms with Gasteiger partial charge in [-0.1, -0.05) is 127 Å². The maximum atomic E-state index is 6.33. The number of hydrogen-bond donors (Lipinski definition) is 0. The van der Waals surface area contributed by atoms with E-state index in [4.69, 9.17) is 19.4 Å². The minimum absolute atomic E-state index is 0.588. The van der Waals surface area contributed by atoms with Crippen molar-refractivity contribution in [2.45, 2.75) is 0 Å². The van der Waals surface area contributed by atoms with Crippen molar-refractivity contribution in [2.75, 3.05) is 0 Å². The predicted molar refractivity (Wildman–Crippen MR) is 236 cm³/mol. The molecule has 4 aromatic heterocycles. The standard InChI is InChI=1S/C51H30N4OS/c1-2-12-31(13-3-1)32-24-26-37-36-16-4-7-21-43(36)55(44(37)29-32)35-15-10-14-33(28-35)49-52-50(34-25-27-39-38-17-5-8-22-45(38)56-46(39)30-34)54-51(53-49)42-20-11-19-41-40-18-6-9-23-47(40)57-48(41)42/h1-30H. The molecule has 0 saturated carbocycles. The average Bonchev–Trinajstić information content (AvgIpc) is 3.95. The molecule has 0 radical (unpaired) electrons. The van der Waals surface area contributed by atoms with Crippen LogP contribution >= 0.6 is 11.3 Å². The SMILES string of the molecule is c1ccc(-c2ccc3c4ccccc4n(-c4cccc(-c5nc(-c6ccc7c(c6)oc6ccccc67)nc(-c6cccc7c6sc6ccccc67)n5)c4)c3c2)cc1. The number of para-hydroxylation sites is 2. The largest absolute Gasteiger partial charge is 0.456 e. The van der Waals surface area contributed by atoms with Crippen LogP contribution in [0.2, 0.25) is 0 Å². The molecule has 0 spiro atoms. The molecule has 8 aromatic carbocycles. The molecule has 0 fully saturated rings. The Bertz CT molecular complexity index is 3540. The van der Waals surface area contributed by atoms with Gasteiger partial charge in [-0.05, 0) is 65.7 Å². The summed E-state index contributed by atoms with van der Waals surface area (Å²) in [5.74, 6) is 1.82. The van der Waals surface area contributed by atoms with E-state index < -0.39 is 0 Å². The van der Waals surface area contributed by atoms with Crippen LogP contribution in [-0.2, 0) is 0 Å². The first-order chi connectivity index (χ1) is 28.2. The predicted octanol–water partition coefficient (Wildman–Crippen LogP) is 13.9. The third-order valence-corrected chi connectivity index (χ3v) is 12.3. The van der Waals surface area contributed by atoms with Gasteiger partial charge in [0.2, 0.25) is 0 Å². The van der Waals surface area contributed by atoms with Gasteiger partial charge in [-0.15, -0.1) is 11.3 Å². The summed E-state index contributed by atoms with van der Waals surface area (Å²) in [6, 6.07) is 63.9. The number of rotatable bonds is 5. The second kappa shape index (κ2) is 12.6. The number of aromatic nitrogens is 4. The second-order valence-electron chi connectivity index (χ2n) is 14.4. The molecule has 12 rings (SSSR count). The van der Waals surface area contributed by atoms with Crippen LogP contribution < -0.4 is 0 Å². The highest BCUT2D eigenvalue weighted by molar-refractivity contribution is 7.26. The van der Waals surface area contributed by atoms with E-state index in [1.807, 2.05) is 18.2 Å². The summed E-state index contributed by atoms with van der Waals surface area (Å²) in [5.41, 5.74) is 10.1. The minimum atomic E-state index is 0.588. The zero-order valence-electron chi connectivity index (χ0n) is 30.4. The molecule has 0 unspecified atom stereocenters. The number of hydrogen-bond acceptors (Lipinski definition) is 5. The van der Waals surface area contributed by atoms with Gasteiger partial charge in [0, 0.05) is 64.1 Å². The van der Waals surface area contributed by atoms with Crippen LogP contribution in [0.4, 0.5) is 0 Å². The summed E-state index contributed by atoms with van der Waals surface area (Å²) in [5, 5.41) is 7.00. The Morgan fingerprint density at radius 3 is 1.91 bits per heavy atom. The molecule has 0 aliphatic carbocycles. The lowest BCUT2D eigenvalue weighted by Gasteiger charge is -2.12. The quantitative estimate of drug-likeness (QED) is 0.176. The second-order valence-corrected chi connectivity index (χ2v) is 15.4. The summed E-state index contributed by atoms with van der Waals surface area (Å²) in [6.45, 7) is 0. The maximum absolute atomic E-state index is 6.33. The Hall–Kier alpha value is -7.41. The molecule has 0 N–H and O–H groups in total. The van der Waals surface area contributed by atoms with E-state index in [9.17, 15) is 0 Å². The molecular formula is C51H30N4OS. The number of thiophene rings is 1. The molecule has 266 valence electrons. The van der Waals surface area contributed by atoms with E-state index >= 15 is 0 Å². The van der Waals surface area contributed by atoms with Crippen molar-refractivity contribution in [3.8, 4) is 51.0 Å². The molecule has 12 aromatic rings. The minimum Gasteiger partial charge on any atom is -0.456 e. The monoisotopic (exact) mass is 746 g/mol. The molecule has 0 atom stereocenters. The lowest BCUT2D eigenvalue weighted by atomic mass is 10.0. The van der Waals surface area contributed by atoms with Crippen LogP contribution in [0.5, 0.6) is 0 Å². The summed E-state index contributed by atoms with van der Waals surface area (Å²) in [4.78, 5) is 15.7. The fraction of sp³-hybridized carbons (Fsp3) is 0. The van der Waals surface area contributed by atoms with Crippen molar-refractivity contribution in [2.24, 2.45) is 0 Å². The smallest absolute Gasteiger partial charge is 0.165 e. The van der Waals surface area contributed by atoms with Crippen molar-refractivity contribution in [1.82, 2.24) is 19.5 Å². The Labute approximate surface area is 330 Å². The first kappa shape index (κ1) is 31.9. The van der Waals surface area contributed by atoms with Crippen LogP contribution in [0.25, 0.3) is 115 Å². The number of fused-ring (bicyclic) bond motifs is 9. The highest BCUT2D eigenvalue weighted by Gasteiger charge is 2.19. The Morgan fingerprint density at radius 1 is 0.386 bits per heavy atom. The van der Waals surface area contributed by atoms with Crippen LogP contribution in [-0.4, -0.2) is 19.5 Å². The fourth-order valence-electron chi connectivity index (χ4n) is 8.39. The van der Waals surface area contributed by atoms with Gasteiger partial charge < -0.3 is 8.98 Å². The molecule has 4 heterocycles. The van der Waals surface area contributed by atoms with Gasteiger partial charge in [-0.2, -0.15) is 0 Å². The highest BCUT2D eigenvalue weighted by atomic mass is 32.1. The van der Waals surface area contributed by atoms with Gasteiger partial charge in [0.05, 0.1) is 11.0 Å². The summed E-state index contributed by atoms with van der Waals surface area (Å²) < 4.78 is 11.1. The molecular weight excluding hydrogens is 717 g/mol. The van der Waals surface area contributed by atoms with E-state index in [2.05, 4.69) is 168 Å². The Balaban J connectivity index is 1.07. The summed E-state index contributed by atoms with van der Waals surface area (Å²) in [7, 11) is 0. The molecule has 0 amide bonds. The topological polar surface area (TPSA) is 56.7 Å². The van der Waals surface area contributed by atoms with E-state index in [0.717, 1.165) is 60.0 Å². The van der Waals surface area contributed by atoms with Crippen molar-refractivity contribution >= 4 is 75.3 Å². The zero-order chi connectivity index (χ0) is 37.5. The van der Waals surface area contributed by atoms with Crippen molar-refractivity contribution in [1.29, 1.82) is 0 Å². The third-order valence-electron chi connectivity index (χ3n) is 11.1. The number of nitrogens with zero attached hydrogens (tertiary/aromatic N) is 4. The van der Waals surface area contributed by atoms with E-state index in [1.165, 1.54) is 37.4 Å². The van der Waals surface area contributed by atoms with Gasteiger partial charge in [0.15, 0.2) is 17.5 Å². The number of benzene rings is 8.